The number of rotatable bonds is 7. The summed E-state index contributed by atoms with van der Waals surface area (Å²) in [6, 6.07) is 8.95. The number of carbonyl (C=O) groups excluding carboxylic acids is 2. The Morgan fingerprint density at radius 1 is 1.21 bits per heavy atom. The number of thioether (sulfide) groups is 1. The summed E-state index contributed by atoms with van der Waals surface area (Å²) in [5.41, 5.74) is 1.90. The third-order valence-corrected chi connectivity index (χ3v) is 5.03. The summed E-state index contributed by atoms with van der Waals surface area (Å²) >= 11 is 7.39. The van der Waals surface area contributed by atoms with Gasteiger partial charge in [0.1, 0.15) is 17.0 Å². The van der Waals surface area contributed by atoms with E-state index in [-0.39, 0.29) is 17.6 Å². The van der Waals surface area contributed by atoms with Crippen LogP contribution < -0.4 is 10.6 Å². The minimum atomic E-state index is -0.244. The molecule has 0 saturated carbocycles. The van der Waals surface area contributed by atoms with Crippen molar-refractivity contribution in [3.63, 3.8) is 0 Å². The Morgan fingerprint density at radius 3 is 2.72 bits per heavy atom. The van der Waals surface area contributed by atoms with Crippen molar-refractivity contribution in [2.75, 3.05) is 17.6 Å². The molecule has 2 heterocycles. The summed E-state index contributed by atoms with van der Waals surface area (Å²) in [5.74, 6) is 0.261. The van der Waals surface area contributed by atoms with E-state index in [1.54, 1.807) is 35.0 Å². The monoisotopic (exact) mass is 430 g/mol. The summed E-state index contributed by atoms with van der Waals surface area (Å²) in [6.07, 6.45) is 3.08. The number of carbonyl (C=O) groups is 2. The predicted molar refractivity (Wildman–Crippen MR) is 113 cm³/mol. The maximum absolute atomic E-state index is 12.1. The molecule has 3 rings (SSSR count). The number of nitrogens with one attached hydrogen (secondary N) is 2. The van der Waals surface area contributed by atoms with Crippen molar-refractivity contribution in [3.05, 3.63) is 59.1 Å². The number of amides is 2. The summed E-state index contributed by atoms with van der Waals surface area (Å²) < 4.78 is 1.61. The molecule has 0 aliphatic heterocycles. The van der Waals surface area contributed by atoms with Crippen LogP contribution in [0.2, 0.25) is 5.02 Å². The minimum absolute atomic E-state index is 0.171. The first-order chi connectivity index (χ1) is 14.0. The number of benzene rings is 1. The molecule has 0 aliphatic rings. The Labute approximate surface area is 177 Å². The second-order valence-corrected chi connectivity index (χ2v) is 7.48. The van der Waals surface area contributed by atoms with E-state index < -0.39 is 0 Å². The van der Waals surface area contributed by atoms with Gasteiger partial charge < -0.3 is 10.6 Å². The zero-order valence-corrected chi connectivity index (χ0v) is 17.4. The van der Waals surface area contributed by atoms with Crippen molar-refractivity contribution in [1.29, 1.82) is 0 Å². The van der Waals surface area contributed by atoms with Gasteiger partial charge in [-0.25, -0.2) is 4.98 Å². The van der Waals surface area contributed by atoms with Crippen LogP contribution in [0, 0.1) is 6.92 Å². The maximum Gasteiger partial charge on any atom is 0.271 e. The Kier molecular flexibility index (Phi) is 6.84. The van der Waals surface area contributed by atoms with Gasteiger partial charge in [-0.2, -0.15) is 0 Å². The number of anilines is 1. The molecule has 2 amide bonds. The molecule has 10 heteroatoms. The number of halogens is 1. The molecule has 1 aromatic carbocycles. The van der Waals surface area contributed by atoms with Crippen LogP contribution in [0.3, 0.4) is 0 Å². The van der Waals surface area contributed by atoms with Crippen LogP contribution in [-0.2, 0) is 4.79 Å². The van der Waals surface area contributed by atoms with E-state index in [9.17, 15) is 9.59 Å². The Hall–Kier alpha value is -2.91. The fourth-order valence-electron chi connectivity index (χ4n) is 2.39. The van der Waals surface area contributed by atoms with Crippen LogP contribution in [-0.4, -0.2) is 43.9 Å². The van der Waals surface area contributed by atoms with Crippen molar-refractivity contribution in [2.45, 2.75) is 18.9 Å². The van der Waals surface area contributed by atoms with Crippen LogP contribution in [0.25, 0.3) is 5.82 Å². The quantitative estimate of drug-likeness (QED) is 0.558. The average Bonchev–Trinajstić information content (AvgIpc) is 3.19. The first kappa shape index (κ1) is 20.8. The zero-order valence-electron chi connectivity index (χ0n) is 15.8. The zero-order chi connectivity index (χ0) is 20.8. The number of imidazole rings is 1. The lowest BCUT2D eigenvalue weighted by molar-refractivity contribution is -0.113. The molecule has 0 aliphatic carbocycles. The van der Waals surface area contributed by atoms with Crippen molar-refractivity contribution in [3.8, 4) is 5.82 Å². The SMILES string of the molecule is CCNC(=O)c1cn(-c2ccc(SCC(=O)Nc3ccc(C)cc3Cl)nn2)cn1. The van der Waals surface area contributed by atoms with Gasteiger partial charge in [0.05, 0.1) is 16.5 Å². The molecule has 0 unspecified atom stereocenters. The molecule has 150 valence electrons. The van der Waals surface area contributed by atoms with Gasteiger partial charge >= 0.3 is 0 Å². The molecule has 0 bridgehead atoms. The Morgan fingerprint density at radius 2 is 2.03 bits per heavy atom. The van der Waals surface area contributed by atoms with Crippen LogP contribution >= 0.6 is 23.4 Å². The second-order valence-electron chi connectivity index (χ2n) is 6.08. The molecule has 0 spiro atoms. The van der Waals surface area contributed by atoms with E-state index >= 15 is 0 Å². The fraction of sp³-hybridized carbons (Fsp3) is 0.211. The molecule has 3 aromatic rings. The van der Waals surface area contributed by atoms with E-state index in [0.29, 0.717) is 33.8 Å². The fourth-order valence-corrected chi connectivity index (χ4v) is 3.29. The highest BCUT2D eigenvalue weighted by Crippen LogP contribution is 2.23. The highest BCUT2D eigenvalue weighted by Gasteiger charge is 2.11. The van der Waals surface area contributed by atoms with Crippen LogP contribution in [0.5, 0.6) is 0 Å². The number of aryl methyl sites for hydroxylation is 1. The lowest BCUT2D eigenvalue weighted by Crippen LogP contribution is -2.22. The van der Waals surface area contributed by atoms with E-state index in [2.05, 4.69) is 25.8 Å². The highest BCUT2D eigenvalue weighted by atomic mass is 35.5. The van der Waals surface area contributed by atoms with E-state index in [1.807, 2.05) is 19.9 Å². The molecule has 0 saturated heterocycles. The largest absolute Gasteiger partial charge is 0.351 e. The predicted octanol–water partition coefficient (Wildman–Crippen LogP) is 3.10. The number of nitrogens with zero attached hydrogens (tertiary/aromatic N) is 4. The highest BCUT2D eigenvalue weighted by molar-refractivity contribution is 7.99. The smallest absolute Gasteiger partial charge is 0.271 e. The lowest BCUT2D eigenvalue weighted by Gasteiger charge is -2.07. The Bertz CT molecular complexity index is 1020. The standard InChI is InChI=1S/C19H19ClN6O2S/c1-3-21-19(28)15-9-26(11-22-15)16-6-7-18(25-24-16)29-10-17(27)23-14-5-4-12(2)8-13(14)20/h4-9,11H,3,10H2,1-2H3,(H,21,28)(H,23,27). The molecule has 8 nitrogen and oxygen atoms in total. The maximum atomic E-state index is 12.1. The summed E-state index contributed by atoms with van der Waals surface area (Å²) in [7, 11) is 0. The van der Waals surface area contributed by atoms with Gasteiger partial charge in [0.15, 0.2) is 5.82 Å². The van der Waals surface area contributed by atoms with Gasteiger partial charge in [-0.05, 0) is 43.7 Å². The van der Waals surface area contributed by atoms with Gasteiger partial charge in [-0.3, -0.25) is 14.2 Å². The molecule has 29 heavy (non-hydrogen) atoms. The van der Waals surface area contributed by atoms with Gasteiger partial charge in [-0.1, -0.05) is 29.4 Å². The number of hydrogen-bond donors (Lipinski definition) is 2. The normalized spacial score (nSPS) is 10.6. The second kappa shape index (κ2) is 9.53. The summed E-state index contributed by atoms with van der Waals surface area (Å²) in [6.45, 7) is 4.30. The van der Waals surface area contributed by atoms with Gasteiger partial charge in [0.2, 0.25) is 5.91 Å². The molecule has 2 aromatic heterocycles. The van der Waals surface area contributed by atoms with Crippen LogP contribution in [0.15, 0.2) is 47.9 Å². The molecule has 0 atom stereocenters. The van der Waals surface area contributed by atoms with Gasteiger partial charge in [0.25, 0.3) is 5.91 Å². The van der Waals surface area contributed by atoms with E-state index in [4.69, 9.17) is 11.6 Å². The van der Waals surface area contributed by atoms with Crippen molar-refractivity contribution >= 4 is 40.9 Å². The molecule has 2 N–H and O–H groups in total. The van der Waals surface area contributed by atoms with Gasteiger partial charge in [0, 0.05) is 12.7 Å². The first-order valence-electron chi connectivity index (χ1n) is 8.81. The van der Waals surface area contributed by atoms with Crippen molar-refractivity contribution in [1.82, 2.24) is 25.1 Å². The van der Waals surface area contributed by atoms with Crippen molar-refractivity contribution in [2.24, 2.45) is 0 Å². The number of aromatic nitrogens is 4. The van der Waals surface area contributed by atoms with E-state index in [1.165, 1.54) is 18.1 Å². The molecular weight excluding hydrogens is 412 g/mol. The first-order valence-corrected chi connectivity index (χ1v) is 10.2. The van der Waals surface area contributed by atoms with Gasteiger partial charge in [-0.15, -0.1) is 10.2 Å². The Balaban J connectivity index is 1.56. The third-order valence-electron chi connectivity index (χ3n) is 3.79. The topological polar surface area (TPSA) is 102 Å². The van der Waals surface area contributed by atoms with Crippen LogP contribution in [0.1, 0.15) is 23.0 Å². The lowest BCUT2D eigenvalue weighted by atomic mass is 10.2. The minimum Gasteiger partial charge on any atom is -0.351 e. The molecule has 0 radical (unpaired) electrons. The summed E-state index contributed by atoms with van der Waals surface area (Å²) in [4.78, 5) is 28.0. The third kappa shape index (κ3) is 5.55. The van der Waals surface area contributed by atoms with Crippen LogP contribution in [0.4, 0.5) is 5.69 Å². The summed E-state index contributed by atoms with van der Waals surface area (Å²) in [5, 5.41) is 14.8. The molecule has 0 fully saturated rings. The molecular formula is C19H19ClN6O2S. The van der Waals surface area contributed by atoms with Crippen molar-refractivity contribution < 1.29 is 9.59 Å². The number of hydrogen-bond acceptors (Lipinski definition) is 6. The average molecular weight is 431 g/mol. The van der Waals surface area contributed by atoms with E-state index in [0.717, 1.165) is 5.56 Å².